The van der Waals surface area contributed by atoms with Crippen LogP contribution in [0.2, 0.25) is 0 Å². The maximum Gasteiger partial charge on any atom is 0.229 e. The minimum absolute atomic E-state index is 0.114. The Labute approximate surface area is 227 Å². The third kappa shape index (κ3) is 5.27. The molecule has 9 heteroatoms. The summed E-state index contributed by atoms with van der Waals surface area (Å²) in [5, 5.41) is 9.55. The zero-order valence-electron chi connectivity index (χ0n) is 22.5. The summed E-state index contributed by atoms with van der Waals surface area (Å²) in [7, 11) is 0. The summed E-state index contributed by atoms with van der Waals surface area (Å²) < 4.78 is 6.94. The molecule has 2 aromatic carbocycles. The van der Waals surface area contributed by atoms with Crippen LogP contribution in [-0.4, -0.2) is 61.7 Å². The van der Waals surface area contributed by atoms with Crippen LogP contribution in [0.1, 0.15) is 54.7 Å². The van der Waals surface area contributed by atoms with Crippen molar-refractivity contribution in [2.75, 3.05) is 31.5 Å². The van der Waals surface area contributed by atoms with E-state index in [-0.39, 0.29) is 5.91 Å². The van der Waals surface area contributed by atoms with Crippen molar-refractivity contribution in [3.63, 3.8) is 0 Å². The summed E-state index contributed by atoms with van der Waals surface area (Å²) in [4.78, 5) is 29.6. The van der Waals surface area contributed by atoms with Gasteiger partial charge in [0, 0.05) is 55.0 Å². The maximum absolute atomic E-state index is 13.0. The maximum atomic E-state index is 13.0. The summed E-state index contributed by atoms with van der Waals surface area (Å²) in [6.45, 7) is 7.58. The molecule has 3 aromatic heterocycles. The minimum atomic E-state index is -0.114. The van der Waals surface area contributed by atoms with Crippen LogP contribution in [0.3, 0.4) is 0 Å². The van der Waals surface area contributed by atoms with Crippen LogP contribution in [0.15, 0.2) is 53.2 Å². The molecule has 0 amide bonds. The number of carbonyl (C=O) groups excluding carboxylic acids is 1. The Balaban J connectivity index is 1.41. The van der Waals surface area contributed by atoms with Crippen molar-refractivity contribution in [1.29, 1.82) is 0 Å². The topological polar surface area (TPSA) is 102 Å². The van der Waals surface area contributed by atoms with Crippen molar-refractivity contribution in [2.24, 2.45) is 0 Å². The van der Waals surface area contributed by atoms with Gasteiger partial charge in [0.1, 0.15) is 5.82 Å². The molecule has 1 saturated heterocycles. The first-order valence-corrected chi connectivity index (χ1v) is 13.7. The average molecular weight is 524 g/mol. The lowest BCUT2D eigenvalue weighted by Crippen LogP contribution is -2.31. The molecule has 0 atom stereocenters. The highest BCUT2D eigenvalue weighted by Gasteiger charge is 2.21. The fraction of sp³-hybridized carbons (Fsp3) is 0.367. The third-order valence-electron chi connectivity index (χ3n) is 7.38. The second-order valence-corrected chi connectivity index (χ2v) is 10.3. The molecule has 0 radical (unpaired) electrons. The van der Waals surface area contributed by atoms with Crippen molar-refractivity contribution in [1.82, 2.24) is 29.6 Å². The number of likely N-dealkylation sites (tertiary alicyclic amines) is 1. The number of nitrogens with zero attached hydrogens (tertiary/aromatic N) is 6. The van der Waals surface area contributed by atoms with Crippen LogP contribution >= 0.6 is 0 Å². The van der Waals surface area contributed by atoms with E-state index in [2.05, 4.69) is 32.5 Å². The molecular formula is C30H33N7O2. The Morgan fingerprint density at radius 1 is 1.08 bits per heavy atom. The van der Waals surface area contributed by atoms with Crippen molar-refractivity contribution in [2.45, 2.75) is 46.0 Å². The molecule has 5 aromatic rings. The lowest BCUT2D eigenvalue weighted by Gasteiger charge is -2.26. The lowest BCUT2D eigenvalue weighted by atomic mass is 10.1. The Kier molecular flexibility index (Phi) is 7.06. The quantitative estimate of drug-likeness (QED) is 0.267. The number of nitrogens with one attached hydrogen (secondary N) is 1. The van der Waals surface area contributed by atoms with E-state index in [1.807, 2.05) is 36.5 Å². The highest BCUT2D eigenvalue weighted by molar-refractivity contribution is 6.17. The van der Waals surface area contributed by atoms with Crippen LogP contribution in [0.25, 0.3) is 33.3 Å². The molecule has 9 nitrogen and oxygen atoms in total. The first-order valence-electron chi connectivity index (χ1n) is 13.7. The molecule has 1 fully saturated rings. The molecule has 4 heterocycles. The Bertz CT molecular complexity index is 1620. The molecule has 0 unspecified atom stereocenters. The van der Waals surface area contributed by atoms with Crippen LogP contribution in [0.4, 0.5) is 5.69 Å². The number of carbonyl (C=O) groups is 1. The van der Waals surface area contributed by atoms with Gasteiger partial charge in [0.05, 0.1) is 5.52 Å². The van der Waals surface area contributed by atoms with Gasteiger partial charge in [-0.3, -0.25) is 9.36 Å². The van der Waals surface area contributed by atoms with Crippen LogP contribution in [-0.2, 0) is 6.42 Å². The van der Waals surface area contributed by atoms with E-state index in [1.54, 1.807) is 18.4 Å². The predicted octanol–water partition coefficient (Wildman–Crippen LogP) is 5.48. The van der Waals surface area contributed by atoms with E-state index in [0.29, 0.717) is 29.6 Å². The number of aryl methyl sites for hydroxylation is 1. The van der Waals surface area contributed by atoms with Crippen LogP contribution in [0.5, 0.6) is 0 Å². The smallest absolute Gasteiger partial charge is 0.229 e. The molecule has 0 bridgehead atoms. The van der Waals surface area contributed by atoms with E-state index in [0.717, 1.165) is 52.6 Å². The fourth-order valence-corrected chi connectivity index (χ4v) is 5.53. The number of hydrogen-bond acceptors (Lipinski definition) is 8. The first kappa shape index (κ1) is 25.2. The lowest BCUT2D eigenvalue weighted by molar-refractivity contribution is 0.0946. The molecule has 1 N–H and O–H groups in total. The van der Waals surface area contributed by atoms with E-state index in [4.69, 9.17) is 14.5 Å². The van der Waals surface area contributed by atoms with E-state index in [9.17, 15) is 4.79 Å². The first-order chi connectivity index (χ1) is 19.1. The fourth-order valence-electron chi connectivity index (χ4n) is 5.53. The number of benzene rings is 2. The Morgan fingerprint density at radius 3 is 2.64 bits per heavy atom. The summed E-state index contributed by atoms with van der Waals surface area (Å²) in [6, 6.07) is 14.1. The van der Waals surface area contributed by atoms with E-state index < -0.39 is 0 Å². The molecule has 39 heavy (non-hydrogen) atoms. The normalized spacial score (nSPS) is 14.3. The van der Waals surface area contributed by atoms with Crippen molar-refractivity contribution in [3.8, 4) is 11.4 Å². The Morgan fingerprint density at radius 2 is 1.90 bits per heavy atom. The van der Waals surface area contributed by atoms with Crippen LogP contribution < -0.4 is 5.32 Å². The molecule has 0 spiro atoms. The van der Waals surface area contributed by atoms with Gasteiger partial charge in [-0.25, -0.2) is 9.97 Å². The standard InChI is InChI=1S/C30H33N7O2/c1-20-33-29(35-39-20)23-17-25(31-12-9-15-36-13-7-4-8-14-36)28-24-19-32-27(16-22-10-5-3-6-11-22)34-30(24)37(21(2)38)26(28)18-23/h3,5-6,10-11,17-19,31H,4,7-9,12-16H2,1-2H3. The largest absolute Gasteiger partial charge is 0.384 e. The van der Waals surface area contributed by atoms with Gasteiger partial charge >= 0.3 is 0 Å². The molecule has 0 aliphatic carbocycles. The Hall–Kier alpha value is -4.11. The third-order valence-corrected chi connectivity index (χ3v) is 7.38. The van der Waals surface area contributed by atoms with Gasteiger partial charge in [-0.2, -0.15) is 4.98 Å². The van der Waals surface area contributed by atoms with Crippen LogP contribution in [0, 0.1) is 6.92 Å². The number of anilines is 1. The van der Waals surface area contributed by atoms with Gasteiger partial charge in [-0.1, -0.05) is 41.9 Å². The molecule has 1 aliphatic rings. The zero-order chi connectivity index (χ0) is 26.8. The van der Waals surface area contributed by atoms with E-state index >= 15 is 0 Å². The van der Waals surface area contributed by atoms with Gasteiger partial charge in [0.2, 0.25) is 17.6 Å². The van der Waals surface area contributed by atoms with E-state index in [1.165, 1.54) is 32.4 Å². The predicted molar refractivity (Wildman–Crippen MR) is 152 cm³/mol. The number of fused-ring (bicyclic) bond motifs is 3. The SMILES string of the molecule is CC(=O)n1c2cc(-c3noc(C)n3)cc(NCCCN3CCCCC3)c2c2cnc(Cc3ccccc3)nc21. The van der Waals surface area contributed by atoms with Crippen molar-refractivity contribution in [3.05, 3.63) is 65.9 Å². The summed E-state index contributed by atoms with van der Waals surface area (Å²) in [5.74, 6) is 1.53. The number of rotatable bonds is 8. The average Bonchev–Trinajstić information content (AvgIpc) is 3.53. The number of piperidine rings is 1. The highest BCUT2D eigenvalue weighted by Crippen LogP contribution is 2.37. The van der Waals surface area contributed by atoms with Gasteiger partial charge < -0.3 is 14.7 Å². The van der Waals surface area contributed by atoms with Gasteiger partial charge in [0.25, 0.3) is 0 Å². The van der Waals surface area contributed by atoms with Crippen molar-refractivity contribution < 1.29 is 9.32 Å². The second-order valence-electron chi connectivity index (χ2n) is 10.3. The van der Waals surface area contributed by atoms with Gasteiger partial charge in [-0.05, 0) is 56.6 Å². The second kappa shape index (κ2) is 10.9. The zero-order valence-corrected chi connectivity index (χ0v) is 22.5. The summed E-state index contributed by atoms with van der Waals surface area (Å²) >= 11 is 0. The summed E-state index contributed by atoms with van der Waals surface area (Å²) in [6.07, 6.45) is 7.37. The monoisotopic (exact) mass is 523 g/mol. The molecule has 200 valence electrons. The molecule has 1 aliphatic heterocycles. The van der Waals surface area contributed by atoms with Gasteiger partial charge in [-0.15, -0.1) is 0 Å². The van der Waals surface area contributed by atoms with Crippen molar-refractivity contribution >= 4 is 33.5 Å². The minimum Gasteiger partial charge on any atom is -0.384 e. The summed E-state index contributed by atoms with van der Waals surface area (Å²) in [5.41, 5.74) is 4.17. The molecule has 6 rings (SSSR count). The highest BCUT2D eigenvalue weighted by atomic mass is 16.5. The molecular weight excluding hydrogens is 490 g/mol. The van der Waals surface area contributed by atoms with Gasteiger partial charge in [0.15, 0.2) is 5.65 Å². The molecule has 0 saturated carbocycles. The number of aromatic nitrogens is 5. The number of hydrogen-bond donors (Lipinski definition) is 1.